The van der Waals surface area contributed by atoms with Crippen LogP contribution >= 0.6 is 0 Å². The lowest BCUT2D eigenvalue weighted by atomic mass is 10.2. The first kappa shape index (κ1) is 11.7. The van der Waals surface area contributed by atoms with Crippen molar-refractivity contribution in [2.75, 3.05) is 14.1 Å². The number of carbonyl (C=O) groups is 1. The molecule has 1 rings (SSSR count). The monoisotopic (exact) mass is 229 g/mol. The molecule has 5 nitrogen and oxygen atoms in total. The molecule has 15 heavy (non-hydrogen) atoms. The summed E-state index contributed by atoms with van der Waals surface area (Å²) in [5, 5.41) is 0. The Morgan fingerprint density at radius 3 is 2.40 bits per heavy atom. The second-order valence-corrected chi connectivity index (χ2v) is 4.62. The molecule has 1 aromatic rings. The molecule has 1 N–H and O–H groups in total. The first-order chi connectivity index (χ1) is 6.82. The van der Waals surface area contributed by atoms with Crippen molar-refractivity contribution in [1.82, 2.24) is 4.90 Å². The van der Waals surface area contributed by atoms with Crippen LogP contribution in [-0.4, -0.2) is 37.9 Å². The van der Waals surface area contributed by atoms with Gasteiger partial charge >= 0.3 is 0 Å². The summed E-state index contributed by atoms with van der Waals surface area (Å²) in [6.07, 6.45) is 0. The highest BCUT2D eigenvalue weighted by atomic mass is 32.2. The number of hydrogen-bond acceptors (Lipinski definition) is 3. The van der Waals surface area contributed by atoms with Crippen molar-refractivity contribution in [3.63, 3.8) is 0 Å². The molecule has 0 saturated carbocycles. The molecule has 0 bridgehead atoms. The van der Waals surface area contributed by atoms with Crippen molar-refractivity contribution in [3.05, 3.63) is 29.8 Å². The molecule has 0 unspecified atom stereocenters. The van der Waals surface area contributed by atoms with Gasteiger partial charge in [0.2, 0.25) is 0 Å². The number of rotatable bonds is 2. The summed E-state index contributed by atoms with van der Waals surface area (Å²) in [4.78, 5) is 12.5. The molecule has 1 aromatic carbocycles. The molecule has 0 aliphatic rings. The van der Waals surface area contributed by atoms with E-state index >= 15 is 0 Å². The average Bonchev–Trinajstić information content (AvgIpc) is 2.15. The largest absolute Gasteiger partial charge is 0.345 e. The Morgan fingerprint density at radius 1 is 1.33 bits per heavy atom. The maximum Gasteiger partial charge on any atom is 0.294 e. The Kier molecular flexibility index (Phi) is 3.11. The topological polar surface area (TPSA) is 74.7 Å². The van der Waals surface area contributed by atoms with E-state index in [1.165, 1.54) is 23.1 Å². The van der Waals surface area contributed by atoms with Crippen LogP contribution in [0.25, 0.3) is 0 Å². The summed E-state index contributed by atoms with van der Waals surface area (Å²) in [6.45, 7) is 0. The molecule has 0 heterocycles. The Labute approximate surface area is 88.1 Å². The van der Waals surface area contributed by atoms with Gasteiger partial charge in [-0.2, -0.15) is 8.42 Å². The fourth-order valence-electron chi connectivity index (χ4n) is 1.05. The van der Waals surface area contributed by atoms with Gasteiger partial charge in [-0.15, -0.1) is 0 Å². The first-order valence-electron chi connectivity index (χ1n) is 4.11. The lowest BCUT2D eigenvalue weighted by Crippen LogP contribution is -2.21. The van der Waals surface area contributed by atoms with Crippen LogP contribution in [0.5, 0.6) is 0 Å². The van der Waals surface area contributed by atoms with Gasteiger partial charge in [-0.1, -0.05) is 6.07 Å². The van der Waals surface area contributed by atoms with Crippen molar-refractivity contribution in [2.24, 2.45) is 0 Å². The third kappa shape index (κ3) is 2.77. The summed E-state index contributed by atoms with van der Waals surface area (Å²) in [7, 11) is -1.14. The molecule has 0 aliphatic carbocycles. The minimum absolute atomic E-state index is 0.218. The summed E-state index contributed by atoms with van der Waals surface area (Å²) >= 11 is 0. The van der Waals surface area contributed by atoms with E-state index in [2.05, 4.69) is 0 Å². The fourth-order valence-corrected chi connectivity index (χ4v) is 1.57. The normalized spacial score (nSPS) is 11.1. The zero-order valence-corrected chi connectivity index (χ0v) is 9.15. The molecule has 1 amide bonds. The maximum atomic E-state index is 11.5. The molecule has 0 saturated heterocycles. The lowest BCUT2D eigenvalue weighted by Gasteiger charge is -2.10. The van der Waals surface area contributed by atoms with E-state index in [4.69, 9.17) is 4.55 Å². The standard InChI is InChI=1S/C9H11NO4S/c1-10(2)9(11)7-4-3-5-8(6-7)15(12,13)14/h3-6H,1-2H3,(H,12,13,14). The Morgan fingerprint density at radius 2 is 1.93 bits per heavy atom. The van der Waals surface area contributed by atoms with Crippen molar-refractivity contribution < 1.29 is 17.8 Å². The highest BCUT2D eigenvalue weighted by Gasteiger charge is 2.13. The lowest BCUT2D eigenvalue weighted by molar-refractivity contribution is 0.0827. The van der Waals surface area contributed by atoms with Gasteiger partial charge in [-0.3, -0.25) is 9.35 Å². The smallest absolute Gasteiger partial charge is 0.294 e. The fraction of sp³-hybridized carbons (Fsp3) is 0.222. The van der Waals surface area contributed by atoms with E-state index in [1.54, 1.807) is 14.1 Å². The summed E-state index contributed by atoms with van der Waals surface area (Å²) < 4.78 is 30.4. The molecule has 82 valence electrons. The number of benzene rings is 1. The van der Waals surface area contributed by atoms with Gasteiger partial charge in [-0.25, -0.2) is 0 Å². The van der Waals surface area contributed by atoms with Crippen LogP contribution in [-0.2, 0) is 10.1 Å². The van der Waals surface area contributed by atoms with Gasteiger partial charge in [0.05, 0.1) is 4.90 Å². The zero-order valence-electron chi connectivity index (χ0n) is 8.34. The molecule has 0 atom stereocenters. The van der Waals surface area contributed by atoms with Crippen LogP contribution in [0.15, 0.2) is 29.2 Å². The van der Waals surface area contributed by atoms with E-state index in [0.29, 0.717) is 0 Å². The minimum Gasteiger partial charge on any atom is -0.345 e. The highest BCUT2D eigenvalue weighted by molar-refractivity contribution is 7.85. The molecule has 0 aromatic heterocycles. The van der Waals surface area contributed by atoms with E-state index in [0.717, 1.165) is 6.07 Å². The predicted molar refractivity (Wildman–Crippen MR) is 54.3 cm³/mol. The molecule has 0 radical (unpaired) electrons. The summed E-state index contributed by atoms with van der Waals surface area (Å²) in [5.74, 6) is -0.319. The molecule has 0 aliphatic heterocycles. The number of hydrogen-bond donors (Lipinski definition) is 1. The van der Waals surface area contributed by atoms with Crippen LogP contribution in [0.1, 0.15) is 10.4 Å². The van der Waals surface area contributed by atoms with E-state index in [-0.39, 0.29) is 16.4 Å². The van der Waals surface area contributed by atoms with Gasteiger partial charge in [0.15, 0.2) is 0 Å². The number of nitrogens with zero attached hydrogens (tertiary/aromatic N) is 1. The summed E-state index contributed by atoms with van der Waals surface area (Å²) in [6, 6.07) is 5.25. The van der Waals surface area contributed by atoms with Gasteiger partial charge < -0.3 is 4.90 Å². The van der Waals surface area contributed by atoms with Gasteiger partial charge in [0.25, 0.3) is 16.0 Å². The van der Waals surface area contributed by atoms with Crippen molar-refractivity contribution in [2.45, 2.75) is 4.90 Å². The van der Waals surface area contributed by atoms with Crippen LogP contribution in [0, 0.1) is 0 Å². The van der Waals surface area contributed by atoms with E-state index in [1.807, 2.05) is 0 Å². The van der Waals surface area contributed by atoms with E-state index in [9.17, 15) is 13.2 Å². The molecule has 6 heteroatoms. The van der Waals surface area contributed by atoms with Crippen LogP contribution in [0.2, 0.25) is 0 Å². The van der Waals surface area contributed by atoms with E-state index < -0.39 is 10.1 Å². The van der Waals surface area contributed by atoms with Gasteiger partial charge in [-0.05, 0) is 18.2 Å². The number of carbonyl (C=O) groups excluding carboxylic acids is 1. The van der Waals surface area contributed by atoms with Crippen molar-refractivity contribution in [3.8, 4) is 0 Å². The third-order valence-electron chi connectivity index (χ3n) is 1.79. The maximum absolute atomic E-state index is 11.5. The minimum atomic E-state index is -4.26. The predicted octanol–water partition coefficient (Wildman–Crippen LogP) is 0.635. The quantitative estimate of drug-likeness (QED) is 0.755. The van der Waals surface area contributed by atoms with Crippen LogP contribution in [0.3, 0.4) is 0 Å². The molecular weight excluding hydrogens is 218 g/mol. The Bertz CT molecular complexity index is 479. The Balaban J connectivity index is 3.20. The van der Waals surface area contributed by atoms with Crippen molar-refractivity contribution >= 4 is 16.0 Å². The summed E-state index contributed by atoms with van der Waals surface area (Å²) in [5.41, 5.74) is 0.218. The van der Waals surface area contributed by atoms with Crippen molar-refractivity contribution in [1.29, 1.82) is 0 Å². The zero-order chi connectivity index (χ0) is 11.6. The SMILES string of the molecule is CN(C)C(=O)c1cccc(S(=O)(=O)O)c1. The molecule has 0 spiro atoms. The van der Waals surface area contributed by atoms with Gasteiger partial charge in [0.1, 0.15) is 0 Å². The first-order valence-corrected chi connectivity index (χ1v) is 5.55. The number of amides is 1. The van der Waals surface area contributed by atoms with Gasteiger partial charge in [0, 0.05) is 19.7 Å². The second kappa shape index (κ2) is 4.00. The molecular formula is C9H11NO4S. The third-order valence-corrected chi connectivity index (χ3v) is 2.63. The second-order valence-electron chi connectivity index (χ2n) is 3.20. The highest BCUT2D eigenvalue weighted by Crippen LogP contribution is 2.11. The molecule has 0 fully saturated rings. The van der Waals surface area contributed by atoms with Crippen LogP contribution < -0.4 is 0 Å². The Hall–Kier alpha value is -1.40. The average molecular weight is 229 g/mol. The van der Waals surface area contributed by atoms with Crippen LogP contribution in [0.4, 0.5) is 0 Å².